The van der Waals surface area contributed by atoms with E-state index in [-0.39, 0.29) is 5.97 Å². The number of ether oxygens (including phenoxy) is 1. The Morgan fingerprint density at radius 2 is 2.07 bits per heavy atom. The third-order valence-corrected chi connectivity index (χ3v) is 2.57. The molecule has 0 aliphatic heterocycles. The Hall–Kier alpha value is -1.58. The predicted molar refractivity (Wildman–Crippen MR) is 56.2 cm³/mol. The molecule has 1 aromatic rings. The van der Waals surface area contributed by atoms with Crippen LogP contribution in [0.5, 0.6) is 0 Å². The van der Waals surface area contributed by atoms with Gasteiger partial charge in [-0.3, -0.25) is 4.79 Å². The first kappa shape index (κ1) is 11.5. The molecule has 0 aliphatic rings. The maximum Gasteiger partial charge on any atom is 0.355 e. The molecule has 0 aromatic carbocycles. The molecule has 15 heavy (non-hydrogen) atoms. The zero-order valence-electron chi connectivity index (χ0n) is 9.46. The molecule has 0 aliphatic carbocycles. The van der Waals surface area contributed by atoms with Crippen LogP contribution in [0.2, 0.25) is 0 Å². The normalized spacial score (nSPS) is 10.1. The largest absolute Gasteiger partial charge is 0.461 e. The summed E-state index contributed by atoms with van der Waals surface area (Å²) in [6, 6.07) is 0. The lowest BCUT2D eigenvalue weighted by molar-refractivity contribution is 0.0514. The molecule has 0 amide bonds. The van der Waals surface area contributed by atoms with Crippen molar-refractivity contribution in [3.8, 4) is 0 Å². The van der Waals surface area contributed by atoms with Crippen LogP contribution < -0.4 is 0 Å². The summed E-state index contributed by atoms with van der Waals surface area (Å²) in [5.74, 6) is -0.381. The maximum absolute atomic E-state index is 11.6. The molecule has 0 saturated carbocycles. The van der Waals surface area contributed by atoms with E-state index >= 15 is 0 Å². The number of aromatic nitrogens is 1. The van der Waals surface area contributed by atoms with Crippen molar-refractivity contribution in [3.63, 3.8) is 0 Å². The third kappa shape index (κ3) is 1.79. The van der Waals surface area contributed by atoms with E-state index < -0.39 is 0 Å². The van der Waals surface area contributed by atoms with Crippen LogP contribution in [0.15, 0.2) is 0 Å². The third-order valence-electron chi connectivity index (χ3n) is 2.57. The van der Waals surface area contributed by atoms with Gasteiger partial charge < -0.3 is 9.30 Å². The van der Waals surface area contributed by atoms with Gasteiger partial charge in [0, 0.05) is 18.3 Å². The Bertz CT molecular complexity index is 404. The van der Waals surface area contributed by atoms with Crippen molar-refractivity contribution in [2.45, 2.75) is 20.8 Å². The first-order chi connectivity index (χ1) is 7.04. The number of carbonyl (C=O) groups is 2. The second kappa shape index (κ2) is 4.29. The lowest BCUT2D eigenvalue weighted by Gasteiger charge is -2.05. The van der Waals surface area contributed by atoms with Crippen molar-refractivity contribution in [1.29, 1.82) is 0 Å². The van der Waals surface area contributed by atoms with E-state index in [2.05, 4.69) is 0 Å². The van der Waals surface area contributed by atoms with E-state index in [4.69, 9.17) is 4.74 Å². The molecule has 0 fully saturated rings. The lowest BCUT2D eigenvalue weighted by Crippen LogP contribution is -2.11. The highest BCUT2D eigenvalue weighted by Crippen LogP contribution is 2.19. The molecule has 0 spiro atoms. The Labute approximate surface area is 88.8 Å². The second-order valence-corrected chi connectivity index (χ2v) is 3.37. The van der Waals surface area contributed by atoms with Crippen LogP contribution in [-0.2, 0) is 11.8 Å². The summed E-state index contributed by atoms with van der Waals surface area (Å²) < 4.78 is 6.62. The number of hydrogen-bond acceptors (Lipinski definition) is 3. The molecule has 0 atom stereocenters. The monoisotopic (exact) mass is 209 g/mol. The first-order valence-electron chi connectivity index (χ1n) is 4.82. The first-order valence-corrected chi connectivity index (χ1v) is 4.82. The van der Waals surface area contributed by atoms with Gasteiger partial charge in [-0.2, -0.15) is 0 Å². The van der Waals surface area contributed by atoms with Gasteiger partial charge in [-0.1, -0.05) is 0 Å². The predicted octanol–water partition coefficient (Wildman–Crippen LogP) is 1.63. The molecule has 0 saturated heterocycles. The van der Waals surface area contributed by atoms with Crippen molar-refractivity contribution < 1.29 is 14.3 Å². The summed E-state index contributed by atoms with van der Waals surface area (Å²) in [5, 5.41) is 0. The van der Waals surface area contributed by atoms with E-state index in [0.29, 0.717) is 23.4 Å². The van der Waals surface area contributed by atoms with Crippen LogP contribution in [-0.4, -0.2) is 23.4 Å². The molecule has 4 heteroatoms. The van der Waals surface area contributed by atoms with Crippen LogP contribution in [0.4, 0.5) is 0 Å². The van der Waals surface area contributed by atoms with Gasteiger partial charge in [-0.25, -0.2) is 4.79 Å². The SMILES string of the molecule is CCOC(=O)c1c(C)c(C=O)c(C)n1C. The van der Waals surface area contributed by atoms with Gasteiger partial charge in [0.05, 0.1) is 6.61 Å². The number of nitrogens with zero attached hydrogens (tertiary/aromatic N) is 1. The smallest absolute Gasteiger partial charge is 0.355 e. The minimum Gasteiger partial charge on any atom is -0.461 e. The Morgan fingerprint density at radius 3 is 2.47 bits per heavy atom. The molecule has 0 radical (unpaired) electrons. The summed E-state index contributed by atoms with van der Waals surface area (Å²) in [7, 11) is 1.75. The maximum atomic E-state index is 11.6. The Balaban J connectivity index is 3.30. The van der Waals surface area contributed by atoms with E-state index in [1.165, 1.54) is 0 Å². The van der Waals surface area contributed by atoms with Crippen molar-refractivity contribution in [2.24, 2.45) is 7.05 Å². The summed E-state index contributed by atoms with van der Waals surface area (Å²) in [6.45, 7) is 5.64. The number of hydrogen-bond donors (Lipinski definition) is 0. The highest BCUT2D eigenvalue weighted by molar-refractivity contribution is 5.94. The summed E-state index contributed by atoms with van der Waals surface area (Å²) in [4.78, 5) is 22.4. The Morgan fingerprint density at radius 1 is 1.47 bits per heavy atom. The fourth-order valence-corrected chi connectivity index (χ4v) is 1.66. The molecule has 4 nitrogen and oxygen atoms in total. The molecule has 0 bridgehead atoms. The fourth-order valence-electron chi connectivity index (χ4n) is 1.66. The van der Waals surface area contributed by atoms with Crippen molar-refractivity contribution in [3.05, 3.63) is 22.5 Å². The summed E-state index contributed by atoms with van der Waals surface area (Å²) >= 11 is 0. The van der Waals surface area contributed by atoms with Crippen LogP contribution in [0.3, 0.4) is 0 Å². The summed E-state index contributed by atoms with van der Waals surface area (Å²) in [6.07, 6.45) is 0.771. The highest BCUT2D eigenvalue weighted by atomic mass is 16.5. The second-order valence-electron chi connectivity index (χ2n) is 3.37. The van der Waals surface area contributed by atoms with Crippen LogP contribution in [0.25, 0.3) is 0 Å². The van der Waals surface area contributed by atoms with Gasteiger partial charge in [0.2, 0.25) is 0 Å². The van der Waals surface area contributed by atoms with Crippen LogP contribution in [0, 0.1) is 13.8 Å². The van der Waals surface area contributed by atoms with Gasteiger partial charge in [0.1, 0.15) is 5.69 Å². The number of aldehydes is 1. The molecule has 0 unspecified atom stereocenters. The average Bonchev–Trinajstić information content (AvgIpc) is 2.39. The zero-order valence-corrected chi connectivity index (χ0v) is 9.46. The van der Waals surface area contributed by atoms with Gasteiger partial charge >= 0.3 is 5.97 Å². The van der Waals surface area contributed by atoms with Crippen LogP contribution >= 0.6 is 0 Å². The van der Waals surface area contributed by atoms with E-state index in [0.717, 1.165) is 12.0 Å². The number of carbonyl (C=O) groups excluding carboxylic acids is 2. The van der Waals surface area contributed by atoms with Crippen LogP contribution in [0.1, 0.15) is 39.0 Å². The molecule has 82 valence electrons. The van der Waals surface area contributed by atoms with E-state index in [1.807, 2.05) is 0 Å². The minimum atomic E-state index is -0.381. The van der Waals surface area contributed by atoms with Crippen molar-refractivity contribution in [1.82, 2.24) is 4.57 Å². The quantitative estimate of drug-likeness (QED) is 0.561. The number of rotatable bonds is 3. The standard InChI is InChI=1S/C11H15NO3/c1-5-15-11(14)10-7(2)9(6-13)8(3)12(10)4/h6H,5H2,1-4H3. The van der Waals surface area contributed by atoms with Crippen molar-refractivity contribution in [2.75, 3.05) is 6.61 Å². The van der Waals surface area contributed by atoms with Gasteiger partial charge in [0.15, 0.2) is 6.29 Å². The highest BCUT2D eigenvalue weighted by Gasteiger charge is 2.20. The molecule has 0 N–H and O–H groups in total. The topological polar surface area (TPSA) is 48.3 Å². The Kier molecular flexibility index (Phi) is 3.29. The molecular weight excluding hydrogens is 194 g/mol. The minimum absolute atomic E-state index is 0.332. The molecule has 1 heterocycles. The average molecular weight is 209 g/mol. The van der Waals surface area contributed by atoms with E-state index in [9.17, 15) is 9.59 Å². The van der Waals surface area contributed by atoms with Gasteiger partial charge in [0.25, 0.3) is 0 Å². The van der Waals surface area contributed by atoms with Crippen molar-refractivity contribution >= 4 is 12.3 Å². The molecular formula is C11H15NO3. The number of esters is 1. The lowest BCUT2D eigenvalue weighted by atomic mass is 10.1. The molecule has 1 rings (SSSR count). The zero-order chi connectivity index (χ0) is 11.6. The summed E-state index contributed by atoms with van der Waals surface area (Å²) in [5.41, 5.74) is 2.49. The fraction of sp³-hybridized carbons (Fsp3) is 0.455. The van der Waals surface area contributed by atoms with Gasteiger partial charge in [-0.05, 0) is 26.3 Å². The molecule has 1 aromatic heterocycles. The van der Waals surface area contributed by atoms with Gasteiger partial charge in [-0.15, -0.1) is 0 Å². The van der Waals surface area contributed by atoms with E-state index in [1.54, 1.807) is 32.4 Å².